The molecule has 0 unspecified atom stereocenters. The number of ether oxygens (including phenoxy) is 1. The van der Waals surface area contributed by atoms with Gasteiger partial charge in [-0.05, 0) is 43.4 Å². The Bertz CT molecular complexity index is 1260. The third-order valence-electron chi connectivity index (χ3n) is 4.96. The Labute approximate surface area is 189 Å². The summed E-state index contributed by atoms with van der Waals surface area (Å²) in [5, 5.41) is 17.1. The van der Waals surface area contributed by atoms with Gasteiger partial charge >= 0.3 is 0 Å². The summed E-state index contributed by atoms with van der Waals surface area (Å²) in [5.74, 6) is 2.49. The number of amides is 1. The predicted octanol–water partition coefficient (Wildman–Crippen LogP) is 3.42. The van der Waals surface area contributed by atoms with Crippen molar-refractivity contribution in [3.63, 3.8) is 0 Å². The molecule has 164 valence electrons. The summed E-state index contributed by atoms with van der Waals surface area (Å²) in [7, 11) is 1.62. The molecular weight excluding hydrogens is 426 g/mol. The highest BCUT2D eigenvalue weighted by Gasteiger charge is 2.12. The molecule has 2 heterocycles. The molecule has 10 heteroatoms. The third kappa shape index (κ3) is 4.92. The Morgan fingerprint density at radius 3 is 2.50 bits per heavy atom. The number of nitrogens with one attached hydrogen (secondary N) is 3. The number of rotatable bonds is 8. The van der Waals surface area contributed by atoms with Gasteiger partial charge in [0.1, 0.15) is 11.6 Å². The van der Waals surface area contributed by atoms with Gasteiger partial charge in [0.15, 0.2) is 16.4 Å². The van der Waals surface area contributed by atoms with Gasteiger partial charge in [-0.2, -0.15) is 10.2 Å². The highest BCUT2D eigenvalue weighted by molar-refractivity contribution is 7.71. The molecule has 1 amide bonds. The van der Waals surface area contributed by atoms with E-state index >= 15 is 0 Å². The highest BCUT2D eigenvalue weighted by Crippen LogP contribution is 2.19. The first-order chi connectivity index (χ1) is 15.5. The van der Waals surface area contributed by atoms with Crippen LogP contribution in [0.1, 0.15) is 17.8 Å². The molecule has 2 aromatic heterocycles. The molecule has 0 bridgehead atoms. The molecule has 3 N–H and O–H groups in total. The van der Waals surface area contributed by atoms with Gasteiger partial charge in [-0.15, -0.1) is 0 Å². The van der Waals surface area contributed by atoms with Crippen LogP contribution >= 0.6 is 12.2 Å². The lowest BCUT2D eigenvalue weighted by atomic mass is 10.1. The van der Waals surface area contributed by atoms with Crippen molar-refractivity contribution in [2.45, 2.75) is 26.4 Å². The number of carbonyl (C=O) groups excluding carboxylic acids is 1. The smallest absolute Gasteiger partial charge is 0.222 e. The van der Waals surface area contributed by atoms with Crippen molar-refractivity contribution in [1.29, 1.82) is 0 Å². The first-order valence-corrected chi connectivity index (χ1v) is 10.5. The zero-order valence-electron chi connectivity index (χ0n) is 17.8. The van der Waals surface area contributed by atoms with Gasteiger partial charge in [0.2, 0.25) is 5.91 Å². The second-order valence-electron chi connectivity index (χ2n) is 7.23. The average molecular weight is 450 g/mol. The number of hydrogen-bond acceptors (Lipinski definition) is 6. The molecule has 0 aliphatic carbocycles. The molecule has 4 aromatic rings. The van der Waals surface area contributed by atoms with Crippen LogP contribution in [0.2, 0.25) is 0 Å². The van der Waals surface area contributed by atoms with Crippen LogP contribution in [0.4, 0.5) is 0 Å². The molecule has 0 aliphatic heterocycles. The second kappa shape index (κ2) is 9.56. The highest BCUT2D eigenvalue weighted by atomic mass is 32.1. The van der Waals surface area contributed by atoms with Crippen LogP contribution in [-0.4, -0.2) is 43.0 Å². The van der Waals surface area contributed by atoms with Crippen molar-refractivity contribution in [3.8, 4) is 28.5 Å². The number of nitrogens with zero attached hydrogens (tertiary/aromatic N) is 4. The Balaban J connectivity index is 1.34. The van der Waals surface area contributed by atoms with Crippen LogP contribution in [0.15, 0.2) is 48.5 Å². The minimum Gasteiger partial charge on any atom is -0.497 e. The van der Waals surface area contributed by atoms with Crippen LogP contribution in [-0.2, 0) is 17.9 Å². The fourth-order valence-electron chi connectivity index (χ4n) is 3.18. The summed E-state index contributed by atoms with van der Waals surface area (Å²) < 4.78 is 7.47. The van der Waals surface area contributed by atoms with E-state index in [9.17, 15) is 4.79 Å². The molecule has 2 aromatic carbocycles. The Morgan fingerprint density at radius 1 is 1.06 bits per heavy atom. The minimum atomic E-state index is -0.120. The maximum absolute atomic E-state index is 12.4. The number of benzene rings is 2. The molecule has 0 radical (unpaired) electrons. The first kappa shape index (κ1) is 21.4. The Kier molecular flexibility index (Phi) is 6.41. The van der Waals surface area contributed by atoms with Gasteiger partial charge in [0.25, 0.3) is 0 Å². The standard InChI is InChI=1S/C22H23N7O2S/c1-14-3-5-16(6-4-14)21-27-28-22(32)29(21)12-11-19(30)23-13-18-24-20(26-25-18)15-7-9-17(31-2)10-8-15/h3-10H,11-13H2,1-2H3,(H,23,30)(H,28,32)(H,24,25,26). The van der Waals surface area contributed by atoms with Crippen LogP contribution in [0, 0.1) is 11.7 Å². The fourth-order valence-corrected chi connectivity index (χ4v) is 3.40. The minimum absolute atomic E-state index is 0.120. The summed E-state index contributed by atoms with van der Waals surface area (Å²) >= 11 is 5.34. The number of aromatic amines is 2. The van der Waals surface area contributed by atoms with E-state index in [4.69, 9.17) is 17.0 Å². The van der Waals surface area contributed by atoms with Crippen molar-refractivity contribution >= 4 is 18.1 Å². The molecular formula is C22H23N7O2S. The number of aromatic nitrogens is 6. The maximum atomic E-state index is 12.4. The van der Waals surface area contributed by atoms with Crippen molar-refractivity contribution in [2.24, 2.45) is 0 Å². The molecule has 4 rings (SSSR count). The lowest BCUT2D eigenvalue weighted by Crippen LogP contribution is -2.24. The average Bonchev–Trinajstić information content (AvgIpc) is 3.43. The van der Waals surface area contributed by atoms with E-state index in [1.54, 1.807) is 7.11 Å². The molecule has 32 heavy (non-hydrogen) atoms. The molecule has 0 aliphatic rings. The Morgan fingerprint density at radius 2 is 1.78 bits per heavy atom. The third-order valence-corrected chi connectivity index (χ3v) is 5.28. The number of methoxy groups -OCH3 is 1. The van der Waals surface area contributed by atoms with Crippen LogP contribution < -0.4 is 10.1 Å². The van der Waals surface area contributed by atoms with Gasteiger partial charge in [-0.1, -0.05) is 29.8 Å². The monoisotopic (exact) mass is 449 g/mol. The molecule has 0 atom stereocenters. The van der Waals surface area contributed by atoms with E-state index in [-0.39, 0.29) is 18.9 Å². The number of hydrogen-bond donors (Lipinski definition) is 3. The van der Waals surface area contributed by atoms with Gasteiger partial charge in [0.05, 0.1) is 13.7 Å². The molecule has 0 spiro atoms. The van der Waals surface area contributed by atoms with Crippen LogP contribution in [0.3, 0.4) is 0 Å². The molecule has 0 saturated carbocycles. The van der Waals surface area contributed by atoms with E-state index in [1.165, 1.54) is 0 Å². The Hall–Kier alpha value is -3.79. The van der Waals surface area contributed by atoms with E-state index in [0.717, 1.165) is 22.4 Å². The first-order valence-electron chi connectivity index (χ1n) is 10.1. The van der Waals surface area contributed by atoms with Crippen molar-refractivity contribution < 1.29 is 9.53 Å². The number of carbonyl (C=O) groups is 1. The van der Waals surface area contributed by atoms with E-state index in [1.807, 2.05) is 60.0 Å². The summed E-state index contributed by atoms with van der Waals surface area (Å²) in [6, 6.07) is 15.5. The summed E-state index contributed by atoms with van der Waals surface area (Å²) in [6.07, 6.45) is 0.256. The molecule has 9 nitrogen and oxygen atoms in total. The molecule has 0 fully saturated rings. The van der Waals surface area contributed by atoms with Gasteiger partial charge in [0, 0.05) is 24.1 Å². The summed E-state index contributed by atoms with van der Waals surface area (Å²) in [5.41, 5.74) is 2.96. The van der Waals surface area contributed by atoms with Gasteiger partial charge in [-0.3, -0.25) is 19.6 Å². The summed E-state index contributed by atoms with van der Waals surface area (Å²) in [4.78, 5) is 16.8. The van der Waals surface area contributed by atoms with E-state index in [2.05, 4.69) is 30.7 Å². The van der Waals surface area contributed by atoms with Crippen LogP contribution in [0.5, 0.6) is 5.75 Å². The lowest BCUT2D eigenvalue weighted by molar-refractivity contribution is -0.121. The summed E-state index contributed by atoms with van der Waals surface area (Å²) in [6.45, 7) is 2.70. The normalized spacial score (nSPS) is 10.8. The van der Waals surface area contributed by atoms with Crippen LogP contribution in [0.25, 0.3) is 22.8 Å². The predicted molar refractivity (Wildman–Crippen MR) is 122 cm³/mol. The number of H-pyrrole nitrogens is 2. The topological polar surface area (TPSA) is 114 Å². The van der Waals surface area contributed by atoms with Crippen molar-refractivity contribution in [2.75, 3.05) is 7.11 Å². The second-order valence-corrected chi connectivity index (χ2v) is 7.62. The fraction of sp³-hybridized carbons (Fsp3) is 0.227. The SMILES string of the molecule is COc1ccc(-c2n[nH]c(CNC(=O)CCn3c(-c4ccc(C)cc4)n[nH]c3=S)n2)cc1. The van der Waals surface area contributed by atoms with Gasteiger partial charge < -0.3 is 10.1 Å². The van der Waals surface area contributed by atoms with Crippen molar-refractivity contribution in [1.82, 2.24) is 35.3 Å². The van der Waals surface area contributed by atoms with E-state index < -0.39 is 0 Å². The van der Waals surface area contributed by atoms with Crippen molar-refractivity contribution in [3.05, 3.63) is 64.7 Å². The largest absolute Gasteiger partial charge is 0.497 e. The quantitative estimate of drug-likeness (QED) is 0.355. The molecule has 0 saturated heterocycles. The zero-order valence-corrected chi connectivity index (χ0v) is 18.6. The number of aryl methyl sites for hydroxylation is 1. The maximum Gasteiger partial charge on any atom is 0.222 e. The zero-order chi connectivity index (χ0) is 22.5. The lowest BCUT2D eigenvalue weighted by Gasteiger charge is -2.07. The van der Waals surface area contributed by atoms with Gasteiger partial charge in [-0.25, -0.2) is 4.98 Å². The van der Waals surface area contributed by atoms with E-state index in [0.29, 0.717) is 28.8 Å².